The molecule has 156 valence electrons. The summed E-state index contributed by atoms with van der Waals surface area (Å²) in [5, 5.41) is 20.9. The third kappa shape index (κ3) is 4.68. The second kappa shape index (κ2) is 9.16. The van der Waals surface area contributed by atoms with Crippen molar-refractivity contribution in [1.29, 1.82) is 5.26 Å². The highest BCUT2D eigenvalue weighted by Gasteiger charge is 2.14. The second-order valence-corrected chi connectivity index (χ2v) is 7.48. The van der Waals surface area contributed by atoms with Gasteiger partial charge in [0.15, 0.2) is 11.5 Å². The smallest absolute Gasteiger partial charge is 0.226 e. The van der Waals surface area contributed by atoms with E-state index in [2.05, 4.69) is 25.7 Å². The van der Waals surface area contributed by atoms with Gasteiger partial charge in [0, 0.05) is 42.4 Å². The summed E-state index contributed by atoms with van der Waals surface area (Å²) in [6.07, 6.45) is 2.24. The van der Waals surface area contributed by atoms with Crippen molar-refractivity contribution < 1.29 is 0 Å². The van der Waals surface area contributed by atoms with Crippen molar-refractivity contribution in [2.24, 2.45) is 0 Å². The molecule has 0 fully saturated rings. The molecule has 0 amide bonds. The molecule has 4 rings (SSSR count). The molecule has 0 aliphatic carbocycles. The van der Waals surface area contributed by atoms with E-state index in [0.29, 0.717) is 58.2 Å². The molecule has 3 heterocycles. The van der Waals surface area contributed by atoms with Crippen LogP contribution >= 0.6 is 23.2 Å². The van der Waals surface area contributed by atoms with Crippen LogP contribution in [0.2, 0.25) is 10.0 Å². The molecule has 0 spiro atoms. The molecule has 0 aliphatic heterocycles. The van der Waals surface area contributed by atoms with Crippen LogP contribution in [-0.2, 0) is 6.42 Å². The van der Waals surface area contributed by atoms with Gasteiger partial charge in [0.25, 0.3) is 0 Å². The molecule has 3 aromatic heterocycles. The van der Waals surface area contributed by atoms with Crippen molar-refractivity contribution >= 4 is 40.6 Å². The Kier molecular flexibility index (Phi) is 6.16. The van der Waals surface area contributed by atoms with Gasteiger partial charge in [-0.15, -0.1) is 5.10 Å². The number of nitrogens with zero attached hydrogens (tertiary/aromatic N) is 6. The van der Waals surface area contributed by atoms with Crippen LogP contribution in [0.15, 0.2) is 42.6 Å². The minimum atomic E-state index is 0.513. The summed E-state index contributed by atoms with van der Waals surface area (Å²) in [4.78, 5) is 13.5. The monoisotopic (exact) mass is 452 g/mol. The Balaban J connectivity index is 1.56. The number of nitrogens with one attached hydrogen (secondary N) is 2. The van der Waals surface area contributed by atoms with E-state index in [-0.39, 0.29) is 0 Å². The Hall–Kier alpha value is -3.41. The number of anilines is 2. The first-order chi connectivity index (χ1) is 15.1. The summed E-state index contributed by atoms with van der Waals surface area (Å²) in [7, 11) is 0. The predicted molar refractivity (Wildman–Crippen MR) is 122 cm³/mol. The van der Waals surface area contributed by atoms with Crippen molar-refractivity contribution in [3.05, 3.63) is 64.0 Å². The average molecular weight is 453 g/mol. The molecule has 0 unspecified atom stereocenters. The zero-order valence-electron chi connectivity index (χ0n) is 16.6. The van der Waals surface area contributed by atoms with Gasteiger partial charge in [-0.3, -0.25) is 0 Å². The lowest BCUT2D eigenvalue weighted by Gasteiger charge is -2.11. The van der Waals surface area contributed by atoms with Gasteiger partial charge in [0.05, 0.1) is 16.3 Å². The van der Waals surface area contributed by atoms with Crippen molar-refractivity contribution in [2.45, 2.75) is 13.3 Å². The highest BCUT2D eigenvalue weighted by Crippen LogP contribution is 2.30. The molecule has 0 radical (unpaired) electrons. The van der Waals surface area contributed by atoms with E-state index in [4.69, 9.17) is 33.4 Å². The number of pyridine rings is 1. The number of hydrogen-bond donors (Lipinski definition) is 2. The van der Waals surface area contributed by atoms with Gasteiger partial charge in [-0.2, -0.15) is 9.78 Å². The molecule has 1 aromatic carbocycles. The number of rotatable bonds is 7. The number of fused-ring (bicyclic) bond motifs is 1. The minimum Gasteiger partial charge on any atom is -0.368 e. The molecule has 0 saturated carbocycles. The molecule has 0 atom stereocenters. The third-order valence-electron chi connectivity index (χ3n) is 4.50. The summed E-state index contributed by atoms with van der Waals surface area (Å²) in [5.41, 5.74) is 2.63. The van der Waals surface area contributed by atoms with Gasteiger partial charge < -0.3 is 10.6 Å². The summed E-state index contributed by atoms with van der Waals surface area (Å²) >= 11 is 12.4. The molecule has 0 aliphatic rings. The van der Waals surface area contributed by atoms with Gasteiger partial charge in [0.2, 0.25) is 5.95 Å². The minimum absolute atomic E-state index is 0.513. The Labute approximate surface area is 188 Å². The van der Waals surface area contributed by atoms with Crippen molar-refractivity contribution in [2.75, 3.05) is 23.7 Å². The summed E-state index contributed by atoms with van der Waals surface area (Å²) in [5.74, 6) is 1.97. The maximum atomic E-state index is 8.85. The zero-order chi connectivity index (χ0) is 21.8. The number of halogens is 2. The fraction of sp³-hybridized carbons (Fsp3) is 0.190. The molecule has 2 N–H and O–H groups in total. The molecular weight excluding hydrogens is 435 g/mol. The van der Waals surface area contributed by atoms with Gasteiger partial charge in [-0.1, -0.05) is 30.1 Å². The van der Waals surface area contributed by atoms with Crippen molar-refractivity contribution in [3.63, 3.8) is 0 Å². The fourth-order valence-electron chi connectivity index (χ4n) is 2.96. The quantitative estimate of drug-likeness (QED) is 0.399. The third-order valence-corrected chi connectivity index (χ3v) is 5.05. The Bertz CT molecular complexity index is 1260. The maximum absolute atomic E-state index is 8.85. The van der Waals surface area contributed by atoms with E-state index < -0.39 is 0 Å². The maximum Gasteiger partial charge on any atom is 0.226 e. The van der Waals surface area contributed by atoms with Crippen LogP contribution in [0.1, 0.15) is 18.3 Å². The fourth-order valence-corrected chi connectivity index (χ4v) is 3.47. The van der Waals surface area contributed by atoms with Crippen LogP contribution in [0, 0.1) is 11.3 Å². The summed E-state index contributed by atoms with van der Waals surface area (Å²) < 4.78 is 1.69. The summed E-state index contributed by atoms with van der Waals surface area (Å²) in [6.45, 7) is 3.15. The molecule has 4 aromatic rings. The largest absolute Gasteiger partial charge is 0.368 e. The Morgan fingerprint density at radius 1 is 1.06 bits per heavy atom. The van der Waals surface area contributed by atoms with Crippen LogP contribution in [0.3, 0.4) is 0 Å². The van der Waals surface area contributed by atoms with E-state index in [0.717, 1.165) is 11.4 Å². The van der Waals surface area contributed by atoms with Crippen molar-refractivity contribution in [1.82, 2.24) is 24.6 Å². The van der Waals surface area contributed by atoms with E-state index in [1.54, 1.807) is 28.8 Å². The van der Waals surface area contributed by atoms with Gasteiger partial charge >= 0.3 is 0 Å². The van der Waals surface area contributed by atoms with Gasteiger partial charge in [-0.05, 0) is 30.3 Å². The topological polar surface area (TPSA) is 104 Å². The first-order valence-corrected chi connectivity index (χ1v) is 10.4. The van der Waals surface area contributed by atoms with E-state index in [1.165, 1.54) is 6.20 Å². The van der Waals surface area contributed by atoms with Crippen molar-refractivity contribution in [3.8, 4) is 17.3 Å². The number of nitriles is 1. The first kappa shape index (κ1) is 20.8. The lowest BCUT2D eigenvalue weighted by Crippen LogP contribution is -2.17. The molecule has 0 bridgehead atoms. The predicted octanol–water partition coefficient (Wildman–Crippen LogP) is 4.45. The highest BCUT2D eigenvalue weighted by molar-refractivity contribution is 6.36. The van der Waals surface area contributed by atoms with Gasteiger partial charge in [-0.25, -0.2) is 15.0 Å². The van der Waals surface area contributed by atoms with E-state index in [1.807, 2.05) is 25.1 Å². The normalized spacial score (nSPS) is 10.8. The first-order valence-electron chi connectivity index (χ1n) is 9.63. The number of hydrogen-bond acceptors (Lipinski definition) is 7. The number of aryl methyl sites for hydroxylation is 1. The van der Waals surface area contributed by atoms with Crippen LogP contribution in [0.4, 0.5) is 11.8 Å². The zero-order valence-corrected chi connectivity index (χ0v) is 18.1. The molecule has 0 saturated heterocycles. The summed E-state index contributed by atoms with van der Waals surface area (Å²) in [6, 6.07) is 12.7. The lowest BCUT2D eigenvalue weighted by molar-refractivity contribution is 0.862. The van der Waals surface area contributed by atoms with E-state index in [9.17, 15) is 0 Å². The molecule has 31 heavy (non-hydrogen) atoms. The van der Waals surface area contributed by atoms with Crippen LogP contribution in [-0.4, -0.2) is 37.7 Å². The average Bonchev–Trinajstić information content (AvgIpc) is 3.20. The Morgan fingerprint density at radius 3 is 2.61 bits per heavy atom. The lowest BCUT2D eigenvalue weighted by atomic mass is 10.1. The van der Waals surface area contributed by atoms with E-state index >= 15 is 0 Å². The molecular formula is C21H18Cl2N8. The highest BCUT2D eigenvalue weighted by atomic mass is 35.5. The van der Waals surface area contributed by atoms with Crippen LogP contribution in [0.5, 0.6) is 0 Å². The standard InChI is InChI=1S/C21H18Cl2N8/c1-2-18-29-20-10-17(15-5-4-14(22)9-16(15)23)28-21(31(20)30-18)26-8-7-25-19-6-3-13(11-24)12-27-19/h3-6,9-10,12H,2,7-8H2,1H3,(H,25,27)(H,26,28). The second-order valence-electron chi connectivity index (χ2n) is 6.64. The number of aromatic nitrogens is 5. The van der Waals surface area contributed by atoms with Crippen LogP contribution < -0.4 is 10.6 Å². The Morgan fingerprint density at radius 2 is 1.90 bits per heavy atom. The SMILES string of the molecule is CCc1nc2cc(-c3ccc(Cl)cc3Cl)nc(NCCNc3ccc(C#N)cn3)n2n1. The van der Waals surface area contributed by atoms with Crippen LogP contribution in [0.25, 0.3) is 16.9 Å². The molecule has 8 nitrogen and oxygen atoms in total. The molecule has 10 heteroatoms. The number of benzene rings is 1. The van der Waals surface area contributed by atoms with Gasteiger partial charge in [0.1, 0.15) is 11.9 Å².